The van der Waals surface area contributed by atoms with Crippen LogP contribution in [0.5, 0.6) is 0 Å². The first-order valence-corrected chi connectivity index (χ1v) is 6.41. The highest BCUT2D eigenvalue weighted by atomic mass is 16.4. The molecule has 5 nitrogen and oxygen atoms in total. The van der Waals surface area contributed by atoms with Gasteiger partial charge in [-0.15, -0.1) is 0 Å². The van der Waals surface area contributed by atoms with Crippen molar-refractivity contribution >= 4 is 11.9 Å². The number of rotatable bonds is 4. The van der Waals surface area contributed by atoms with Gasteiger partial charge in [-0.05, 0) is 18.4 Å². The van der Waals surface area contributed by atoms with E-state index in [2.05, 4.69) is 5.32 Å². The highest BCUT2D eigenvalue weighted by Gasteiger charge is 2.43. The maximum absolute atomic E-state index is 12.1. The number of hydrogen-bond donors (Lipinski definition) is 3. The van der Waals surface area contributed by atoms with Gasteiger partial charge in [0, 0.05) is 0 Å². The summed E-state index contributed by atoms with van der Waals surface area (Å²) in [5.74, 6) is -1.41. The molecule has 19 heavy (non-hydrogen) atoms. The summed E-state index contributed by atoms with van der Waals surface area (Å²) in [6.07, 6.45) is 2.56. The summed E-state index contributed by atoms with van der Waals surface area (Å²) in [5.41, 5.74) is 5.41. The molecule has 0 saturated heterocycles. The summed E-state index contributed by atoms with van der Waals surface area (Å²) in [5, 5.41) is 11.9. The predicted molar refractivity (Wildman–Crippen MR) is 70.3 cm³/mol. The molecule has 1 saturated carbocycles. The van der Waals surface area contributed by atoms with E-state index in [9.17, 15) is 14.7 Å². The molecule has 4 N–H and O–H groups in total. The Morgan fingerprint density at radius 3 is 2.32 bits per heavy atom. The van der Waals surface area contributed by atoms with E-state index in [1.54, 1.807) is 24.3 Å². The predicted octanol–water partition coefficient (Wildman–Crippen LogP) is 1.20. The van der Waals surface area contributed by atoms with Gasteiger partial charge in [0.25, 0.3) is 0 Å². The van der Waals surface area contributed by atoms with E-state index in [0.29, 0.717) is 18.4 Å². The van der Waals surface area contributed by atoms with Crippen molar-refractivity contribution in [3.63, 3.8) is 0 Å². The molecular weight excluding hydrogens is 244 g/mol. The first kappa shape index (κ1) is 13.5. The lowest BCUT2D eigenvalue weighted by molar-refractivity contribution is -0.147. The van der Waals surface area contributed by atoms with Gasteiger partial charge in [-0.3, -0.25) is 4.79 Å². The third-order valence-electron chi connectivity index (χ3n) is 3.67. The van der Waals surface area contributed by atoms with E-state index >= 15 is 0 Å². The van der Waals surface area contributed by atoms with Crippen LogP contribution >= 0.6 is 0 Å². The Balaban J connectivity index is 2.10. The van der Waals surface area contributed by atoms with Gasteiger partial charge in [0.2, 0.25) is 5.91 Å². The number of carboxylic acid groups (broad SMARTS) is 1. The van der Waals surface area contributed by atoms with Crippen LogP contribution in [0.15, 0.2) is 30.3 Å². The van der Waals surface area contributed by atoms with Gasteiger partial charge in [-0.25, -0.2) is 4.79 Å². The van der Waals surface area contributed by atoms with Gasteiger partial charge in [-0.1, -0.05) is 43.2 Å². The Hall–Kier alpha value is -1.88. The van der Waals surface area contributed by atoms with Gasteiger partial charge in [0.15, 0.2) is 0 Å². The van der Waals surface area contributed by atoms with Gasteiger partial charge in [0.05, 0.1) is 0 Å². The van der Waals surface area contributed by atoms with Gasteiger partial charge < -0.3 is 16.2 Å². The van der Waals surface area contributed by atoms with Crippen LogP contribution in [-0.2, 0) is 9.59 Å². The Bertz CT molecular complexity index is 467. The standard InChI is InChI=1S/C14H18N2O3/c15-11(10-6-2-1-3-7-10)12(17)16-14(13(18)19)8-4-5-9-14/h1-3,6-7,11H,4-5,8-9,15H2,(H,16,17)(H,18,19). The molecule has 1 fully saturated rings. The normalized spacial score (nSPS) is 18.8. The molecule has 1 atom stereocenters. The van der Waals surface area contributed by atoms with Crippen LogP contribution < -0.4 is 11.1 Å². The fourth-order valence-corrected chi connectivity index (χ4v) is 2.50. The lowest BCUT2D eigenvalue weighted by atomic mass is 9.96. The summed E-state index contributed by atoms with van der Waals surface area (Å²) < 4.78 is 0. The Morgan fingerprint density at radius 2 is 1.79 bits per heavy atom. The molecule has 1 aromatic carbocycles. The van der Waals surface area contributed by atoms with Crippen molar-refractivity contribution in [3.05, 3.63) is 35.9 Å². The van der Waals surface area contributed by atoms with Crippen LogP contribution in [-0.4, -0.2) is 22.5 Å². The van der Waals surface area contributed by atoms with E-state index in [4.69, 9.17) is 5.73 Å². The minimum absolute atomic E-state index is 0.435. The largest absolute Gasteiger partial charge is 0.480 e. The maximum atomic E-state index is 12.1. The van der Waals surface area contributed by atoms with E-state index < -0.39 is 23.5 Å². The van der Waals surface area contributed by atoms with Gasteiger partial charge in [-0.2, -0.15) is 0 Å². The Morgan fingerprint density at radius 1 is 1.21 bits per heavy atom. The van der Waals surface area contributed by atoms with Crippen molar-refractivity contribution in [3.8, 4) is 0 Å². The van der Waals surface area contributed by atoms with E-state index in [0.717, 1.165) is 12.8 Å². The maximum Gasteiger partial charge on any atom is 0.329 e. The monoisotopic (exact) mass is 262 g/mol. The lowest BCUT2D eigenvalue weighted by Gasteiger charge is -2.27. The average molecular weight is 262 g/mol. The average Bonchev–Trinajstić information content (AvgIpc) is 2.88. The summed E-state index contributed by atoms with van der Waals surface area (Å²) in [4.78, 5) is 23.5. The topological polar surface area (TPSA) is 92.4 Å². The second-order valence-corrected chi connectivity index (χ2v) is 4.97. The summed E-state index contributed by atoms with van der Waals surface area (Å²) in [6.45, 7) is 0. The van der Waals surface area contributed by atoms with E-state index in [-0.39, 0.29) is 0 Å². The second kappa shape index (κ2) is 5.40. The molecule has 1 aromatic rings. The van der Waals surface area contributed by atoms with Crippen molar-refractivity contribution < 1.29 is 14.7 Å². The Kier molecular flexibility index (Phi) is 3.85. The number of benzene rings is 1. The number of aliphatic carboxylic acids is 1. The number of amides is 1. The zero-order valence-electron chi connectivity index (χ0n) is 10.6. The molecule has 2 rings (SSSR count). The third kappa shape index (κ3) is 2.76. The van der Waals surface area contributed by atoms with Crippen molar-refractivity contribution in [2.45, 2.75) is 37.3 Å². The summed E-state index contributed by atoms with van der Waals surface area (Å²) in [6, 6.07) is 8.11. The van der Waals surface area contributed by atoms with E-state index in [1.807, 2.05) is 6.07 Å². The number of nitrogens with two attached hydrogens (primary N) is 1. The second-order valence-electron chi connectivity index (χ2n) is 4.97. The minimum Gasteiger partial charge on any atom is -0.480 e. The third-order valence-corrected chi connectivity index (χ3v) is 3.67. The van der Waals surface area contributed by atoms with E-state index in [1.165, 1.54) is 0 Å². The highest BCUT2D eigenvalue weighted by molar-refractivity contribution is 5.90. The van der Waals surface area contributed by atoms with Crippen LogP contribution in [0.25, 0.3) is 0 Å². The molecule has 1 amide bonds. The Labute approximate surface area is 111 Å². The SMILES string of the molecule is NC(C(=O)NC1(C(=O)O)CCCC1)c1ccccc1. The molecule has 5 heteroatoms. The number of hydrogen-bond acceptors (Lipinski definition) is 3. The minimum atomic E-state index is -1.14. The molecule has 0 spiro atoms. The van der Waals surface area contributed by atoms with Crippen LogP contribution in [0.1, 0.15) is 37.3 Å². The smallest absolute Gasteiger partial charge is 0.329 e. The molecule has 0 bridgehead atoms. The zero-order valence-corrected chi connectivity index (χ0v) is 10.6. The molecule has 1 unspecified atom stereocenters. The quantitative estimate of drug-likeness (QED) is 0.760. The molecule has 0 aromatic heterocycles. The molecule has 0 radical (unpaired) electrons. The van der Waals surface area contributed by atoms with Gasteiger partial charge in [0.1, 0.15) is 11.6 Å². The zero-order chi connectivity index (χ0) is 13.9. The number of carbonyl (C=O) groups is 2. The first-order chi connectivity index (χ1) is 9.05. The molecule has 0 aliphatic heterocycles. The summed E-state index contributed by atoms with van der Waals surface area (Å²) in [7, 11) is 0. The number of nitrogens with one attached hydrogen (secondary N) is 1. The lowest BCUT2D eigenvalue weighted by Crippen LogP contribution is -2.54. The highest BCUT2D eigenvalue weighted by Crippen LogP contribution is 2.30. The molecular formula is C14H18N2O3. The first-order valence-electron chi connectivity index (χ1n) is 6.41. The van der Waals surface area contributed by atoms with Crippen LogP contribution in [0.2, 0.25) is 0 Å². The van der Waals surface area contributed by atoms with Crippen LogP contribution in [0, 0.1) is 0 Å². The molecule has 102 valence electrons. The molecule has 1 aliphatic rings. The fraction of sp³-hybridized carbons (Fsp3) is 0.429. The van der Waals surface area contributed by atoms with Crippen LogP contribution in [0.3, 0.4) is 0 Å². The van der Waals surface area contributed by atoms with Gasteiger partial charge >= 0.3 is 5.97 Å². The van der Waals surface area contributed by atoms with Crippen molar-refractivity contribution in [1.29, 1.82) is 0 Å². The van der Waals surface area contributed by atoms with Crippen molar-refractivity contribution in [2.75, 3.05) is 0 Å². The fourth-order valence-electron chi connectivity index (χ4n) is 2.50. The molecule has 1 aliphatic carbocycles. The van der Waals surface area contributed by atoms with Crippen molar-refractivity contribution in [2.24, 2.45) is 5.73 Å². The number of carbonyl (C=O) groups excluding carboxylic acids is 1. The van der Waals surface area contributed by atoms with Crippen molar-refractivity contribution in [1.82, 2.24) is 5.32 Å². The number of carboxylic acids is 1. The summed E-state index contributed by atoms with van der Waals surface area (Å²) >= 11 is 0. The van der Waals surface area contributed by atoms with Crippen LogP contribution in [0.4, 0.5) is 0 Å². The molecule has 0 heterocycles.